The van der Waals surface area contributed by atoms with Crippen LogP contribution in [-0.2, 0) is 0 Å². The second-order valence-corrected chi connectivity index (χ2v) is 4.69. The van der Waals surface area contributed by atoms with Crippen LogP contribution >= 0.6 is 15.9 Å². The van der Waals surface area contributed by atoms with E-state index < -0.39 is 0 Å². The Balaban J connectivity index is 2.93. The van der Waals surface area contributed by atoms with E-state index in [9.17, 15) is 0 Å². The van der Waals surface area contributed by atoms with Gasteiger partial charge in [-0.2, -0.15) is 0 Å². The van der Waals surface area contributed by atoms with Gasteiger partial charge in [0.25, 0.3) is 0 Å². The number of hydrogen-bond acceptors (Lipinski definition) is 0. The highest BCUT2D eigenvalue weighted by Gasteiger charge is 2.05. The van der Waals surface area contributed by atoms with Crippen molar-refractivity contribution in [1.29, 1.82) is 0 Å². The van der Waals surface area contributed by atoms with Gasteiger partial charge in [0.05, 0.1) is 0 Å². The number of hydrogen-bond donors (Lipinski definition) is 0. The molecule has 0 fully saturated rings. The fourth-order valence-electron chi connectivity index (χ4n) is 1.82. The minimum Gasteiger partial charge on any atom is -0.0651 e. The zero-order valence-corrected chi connectivity index (χ0v) is 9.61. The summed E-state index contributed by atoms with van der Waals surface area (Å²) in [4.78, 5) is 0. The van der Waals surface area contributed by atoms with E-state index in [1.807, 2.05) is 0 Å². The fraction of sp³-hybridized carbons (Fsp3) is 0.333. The molecule has 2 rings (SSSR count). The molecule has 0 saturated carbocycles. The lowest BCUT2D eigenvalue weighted by Gasteiger charge is -2.10. The van der Waals surface area contributed by atoms with Crippen LogP contribution in [-0.4, -0.2) is 0 Å². The predicted octanol–water partition coefficient (Wildman–Crippen LogP) is 2.46. The normalized spacial score (nSPS) is 15.9. The standard InChI is InChI=1S/C12H13Br/c1-8-3-5-10-9(2)4-6-12(13)11(10)7-8/h3,5,7H,4,6H2,1-2H3. The molecule has 0 nitrogen and oxygen atoms in total. The van der Waals surface area contributed by atoms with Gasteiger partial charge in [-0.3, -0.25) is 0 Å². The quantitative estimate of drug-likeness (QED) is 0.650. The number of halogens is 1. The Hall–Kier alpha value is -0.560. The van der Waals surface area contributed by atoms with Crippen LogP contribution < -0.4 is 10.4 Å². The van der Waals surface area contributed by atoms with Crippen molar-refractivity contribution < 1.29 is 0 Å². The van der Waals surface area contributed by atoms with E-state index in [0.717, 1.165) is 6.42 Å². The SMILES string of the molecule is CC1=c2ccc(C)cc2=C(Br)CC1. The van der Waals surface area contributed by atoms with Crippen LogP contribution in [0.1, 0.15) is 25.3 Å². The molecule has 13 heavy (non-hydrogen) atoms. The van der Waals surface area contributed by atoms with Crippen LogP contribution in [0.25, 0.3) is 10.1 Å². The lowest BCUT2D eigenvalue weighted by molar-refractivity contribution is 1.06. The van der Waals surface area contributed by atoms with Gasteiger partial charge in [-0.25, -0.2) is 0 Å². The van der Waals surface area contributed by atoms with Crippen LogP contribution in [0.5, 0.6) is 0 Å². The van der Waals surface area contributed by atoms with Gasteiger partial charge >= 0.3 is 0 Å². The van der Waals surface area contributed by atoms with Gasteiger partial charge in [-0.1, -0.05) is 45.3 Å². The van der Waals surface area contributed by atoms with Gasteiger partial charge < -0.3 is 0 Å². The minimum atomic E-state index is 1.16. The summed E-state index contributed by atoms with van der Waals surface area (Å²) >= 11 is 3.65. The molecule has 1 aromatic carbocycles. The fourth-order valence-corrected chi connectivity index (χ4v) is 2.35. The van der Waals surface area contributed by atoms with E-state index in [1.165, 1.54) is 32.5 Å². The smallest absolute Gasteiger partial charge is 0.00323 e. The van der Waals surface area contributed by atoms with Gasteiger partial charge in [0.15, 0.2) is 0 Å². The molecule has 0 saturated heterocycles. The first kappa shape index (κ1) is 9.01. The number of aryl methyl sites for hydroxylation is 1. The van der Waals surface area contributed by atoms with Crippen molar-refractivity contribution in [3.63, 3.8) is 0 Å². The van der Waals surface area contributed by atoms with Crippen molar-refractivity contribution in [1.82, 2.24) is 0 Å². The molecule has 0 radical (unpaired) electrons. The summed E-state index contributed by atoms with van der Waals surface area (Å²) in [6.45, 7) is 4.37. The molecule has 0 atom stereocenters. The first-order valence-electron chi connectivity index (χ1n) is 4.63. The molecule has 0 N–H and O–H groups in total. The monoisotopic (exact) mass is 236 g/mol. The van der Waals surface area contributed by atoms with Gasteiger partial charge in [0, 0.05) is 4.48 Å². The Morgan fingerprint density at radius 3 is 2.62 bits per heavy atom. The molecule has 1 aliphatic rings. The third-order valence-corrected chi connectivity index (χ3v) is 3.47. The number of fused-ring (bicyclic) bond motifs is 1. The topological polar surface area (TPSA) is 0 Å². The predicted molar refractivity (Wildman–Crippen MR) is 61.1 cm³/mol. The molecule has 0 spiro atoms. The molecule has 1 aromatic rings. The van der Waals surface area contributed by atoms with E-state index in [0.29, 0.717) is 0 Å². The van der Waals surface area contributed by atoms with Crippen molar-refractivity contribution in [2.24, 2.45) is 0 Å². The van der Waals surface area contributed by atoms with Crippen molar-refractivity contribution in [2.45, 2.75) is 26.7 Å². The Morgan fingerprint density at radius 1 is 1.08 bits per heavy atom. The molecule has 0 bridgehead atoms. The van der Waals surface area contributed by atoms with Crippen LogP contribution in [0, 0.1) is 6.92 Å². The molecule has 68 valence electrons. The molecule has 0 amide bonds. The lowest BCUT2D eigenvalue weighted by Crippen LogP contribution is -2.30. The van der Waals surface area contributed by atoms with Gasteiger partial charge in [-0.15, -0.1) is 0 Å². The maximum absolute atomic E-state index is 3.65. The summed E-state index contributed by atoms with van der Waals surface area (Å²) in [5.74, 6) is 0. The molecule has 1 aliphatic carbocycles. The second kappa shape index (κ2) is 3.30. The number of rotatable bonds is 0. The Labute approximate surface area is 87.1 Å². The highest BCUT2D eigenvalue weighted by molar-refractivity contribution is 9.14. The van der Waals surface area contributed by atoms with Crippen molar-refractivity contribution in [3.8, 4) is 0 Å². The van der Waals surface area contributed by atoms with Crippen LogP contribution in [0.4, 0.5) is 0 Å². The molecule has 0 aliphatic heterocycles. The Kier molecular flexibility index (Phi) is 2.29. The molecule has 1 heteroatoms. The van der Waals surface area contributed by atoms with E-state index in [-0.39, 0.29) is 0 Å². The highest BCUT2D eigenvalue weighted by atomic mass is 79.9. The minimum absolute atomic E-state index is 1.16. The Bertz CT molecular complexity index is 455. The highest BCUT2D eigenvalue weighted by Crippen LogP contribution is 2.18. The molecular formula is C12H13Br. The second-order valence-electron chi connectivity index (χ2n) is 3.73. The molecule has 0 aromatic heterocycles. The van der Waals surface area contributed by atoms with E-state index >= 15 is 0 Å². The van der Waals surface area contributed by atoms with Crippen LogP contribution in [0.2, 0.25) is 0 Å². The van der Waals surface area contributed by atoms with Gasteiger partial charge in [0.1, 0.15) is 0 Å². The van der Waals surface area contributed by atoms with E-state index in [4.69, 9.17) is 0 Å². The first-order valence-corrected chi connectivity index (χ1v) is 5.43. The summed E-state index contributed by atoms with van der Waals surface area (Å²) in [6, 6.07) is 6.69. The molecule has 0 heterocycles. The van der Waals surface area contributed by atoms with E-state index in [1.54, 1.807) is 0 Å². The van der Waals surface area contributed by atoms with Crippen LogP contribution in [0.15, 0.2) is 18.2 Å². The summed E-state index contributed by atoms with van der Waals surface area (Å²) in [7, 11) is 0. The first-order chi connectivity index (χ1) is 6.18. The van der Waals surface area contributed by atoms with Gasteiger partial charge in [-0.05, 0) is 37.1 Å². The maximum Gasteiger partial charge on any atom is 0.00323 e. The van der Waals surface area contributed by atoms with Crippen LogP contribution in [0.3, 0.4) is 0 Å². The van der Waals surface area contributed by atoms with Crippen molar-refractivity contribution in [2.75, 3.05) is 0 Å². The largest absolute Gasteiger partial charge is 0.0651 e. The number of benzene rings is 1. The van der Waals surface area contributed by atoms with E-state index in [2.05, 4.69) is 48.0 Å². The van der Waals surface area contributed by atoms with Crippen molar-refractivity contribution in [3.05, 3.63) is 34.2 Å². The summed E-state index contributed by atoms with van der Waals surface area (Å²) < 4.78 is 1.36. The van der Waals surface area contributed by atoms with Crippen molar-refractivity contribution >= 4 is 26.0 Å². The zero-order chi connectivity index (χ0) is 9.42. The molecular weight excluding hydrogens is 224 g/mol. The summed E-state index contributed by atoms with van der Waals surface area (Å²) in [5, 5.41) is 2.81. The Morgan fingerprint density at radius 2 is 1.85 bits per heavy atom. The average Bonchev–Trinajstić information content (AvgIpc) is 2.12. The summed E-state index contributed by atoms with van der Waals surface area (Å²) in [5.41, 5.74) is 2.85. The zero-order valence-electron chi connectivity index (χ0n) is 8.02. The van der Waals surface area contributed by atoms with Gasteiger partial charge in [0.2, 0.25) is 0 Å². The lowest BCUT2D eigenvalue weighted by atomic mass is 10.00. The summed E-state index contributed by atoms with van der Waals surface area (Å²) in [6.07, 6.45) is 2.35. The third kappa shape index (κ3) is 1.58. The molecule has 0 unspecified atom stereocenters. The third-order valence-electron chi connectivity index (χ3n) is 2.65. The average molecular weight is 237 g/mol. The maximum atomic E-state index is 3.65.